The first-order valence-corrected chi connectivity index (χ1v) is 11.1. The van der Waals surface area contributed by atoms with E-state index >= 15 is 0 Å². The molecule has 32 heavy (non-hydrogen) atoms. The molecule has 1 aliphatic rings. The lowest BCUT2D eigenvalue weighted by Gasteiger charge is -2.34. The summed E-state index contributed by atoms with van der Waals surface area (Å²) in [7, 11) is 3.20. The van der Waals surface area contributed by atoms with Crippen molar-refractivity contribution in [3.05, 3.63) is 57.6 Å². The highest BCUT2D eigenvalue weighted by Crippen LogP contribution is 2.27. The lowest BCUT2D eigenvalue weighted by Crippen LogP contribution is -2.51. The van der Waals surface area contributed by atoms with Gasteiger partial charge in [-0.25, -0.2) is 0 Å². The van der Waals surface area contributed by atoms with Crippen molar-refractivity contribution in [2.45, 2.75) is 6.42 Å². The number of methoxy groups -OCH3 is 2. The molecule has 0 atom stereocenters. The molecule has 0 aliphatic carbocycles. The molecule has 2 aromatic rings. The summed E-state index contributed by atoms with van der Waals surface area (Å²) in [6.45, 7) is 3.16. The van der Waals surface area contributed by atoms with Gasteiger partial charge in [0.2, 0.25) is 5.91 Å². The van der Waals surface area contributed by atoms with E-state index in [2.05, 4.69) is 5.32 Å². The monoisotopic (exact) mass is 479 g/mol. The maximum atomic E-state index is 12.7. The molecule has 0 spiro atoms. The van der Waals surface area contributed by atoms with Crippen LogP contribution in [0.4, 0.5) is 0 Å². The molecule has 1 heterocycles. The van der Waals surface area contributed by atoms with Gasteiger partial charge in [0, 0.05) is 37.7 Å². The summed E-state index contributed by atoms with van der Waals surface area (Å²) < 4.78 is 10.5. The minimum Gasteiger partial charge on any atom is -0.493 e. The Morgan fingerprint density at radius 1 is 0.969 bits per heavy atom. The summed E-state index contributed by atoms with van der Waals surface area (Å²) in [5, 5.41) is 3.79. The van der Waals surface area contributed by atoms with Gasteiger partial charge < -0.3 is 19.7 Å². The zero-order valence-electron chi connectivity index (χ0n) is 18.2. The molecule has 1 fully saturated rings. The Bertz CT molecular complexity index is 962. The number of carbonyl (C=O) groups excluding carboxylic acids is 2. The molecule has 0 saturated carbocycles. The molecule has 0 unspecified atom stereocenters. The van der Waals surface area contributed by atoms with Crippen molar-refractivity contribution in [1.29, 1.82) is 0 Å². The van der Waals surface area contributed by atoms with Gasteiger partial charge in [0.15, 0.2) is 11.5 Å². The van der Waals surface area contributed by atoms with E-state index in [-0.39, 0.29) is 11.8 Å². The predicted molar refractivity (Wildman–Crippen MR) is 125 cm³/mol. The first-order chi connectivity index (χ1) is 15.4. The van der Waals surface area contributed by atoms with Crippen molar-refractivity contribution >= 4 is 35.0 Å². The van der Waals surface area contributed by atoms with Crippen molar-refractivity contribution in [2.24, 2.45) is 0 Å². The molecular weight excluding hydrogens is 453 g/mol. The predicted octanol–water partition coefficient (Wildman–Crippen LogP) is 3.13. The van der Waals surface area contributed by atoms with Crippen molar-refractivity contribution in [1.82, 2.24) is 15.1 Å². The number of halogens is 2. The minimum absolute atomic E-state index is 0.0361. The van der Waals surface area contributed by atoms with Crippen LogP contribution in [0.3, 0.4) is 0 Å². The number of nitrogens with zero attached hydrogens (tertiary/aromatic N) is 2. The second-order valence-electron chi connectivity index (χ2n) is 7.48. The van der Waals surface area contributed by atoms with Crippen LogP contribution in [0, 0.1) is 0 Å². The van der Waals surface area contributed by atoms with Gasteiger partial charge in [-0.15, -0.1) is 0 Å². The zero-order chi connectivity index (χ0) is 23.1. The van der Waals surface area contributed by atoms with Crippen LogP contribution >= 0.6 is 23.2 Å². The highest BCUT2D eigenvalue weighted by atomic mass is 35.5. The van der Waals surface area contributed by atoms with Crippen LogP contribution in [0.5, 0.6) is 11.5 Å². The van der Waals surface area contributed by atoms with Crippen molar-refractivity contribution in [2.75, 3.05) is 53.5 Å². The number of nitrogens with one attached hydrogen (secondary N) is 1. The molecule has 1 saturated heterocycles. The number of rotatable bonds is 8. The number of benzene rings is 2. The first-order valence-electron chi connectivity index (χ1n) is 10.4. The Kier molecular flexibility index (Phi) is 8.61. The lowest BCUT2D eigenvalue weighted by atomic mass is 10.1. The average molecular weight is 480 g/mol. The summed E-state index contributed by atoms with van der Waals surface area (Å²) in [6, 6.07) is 10.6. The molecule has 1 N–H and O–H groups in total. The topological polar surface area (TPSA) is 71.1 Å². The van der Waals surface area contributed by atoms with Crippen molar-refractivity contribution in [3.63, 3.8) is 0 Å². The molecule has 172 valence electrons. The van der Waals surface area contributed by atoms with Gasteiger partial charge in [-0.2, -0.15) is 0 Å². The zero-order valence-corrected chi connectivity index (χ0v) is 19.7. The third-order valence-corrected chi connectivity index (χ3v) is 5.92. The van der Waals surface area contributed by atoms with Gasteiger partial charge in [0.25, 0.3) is 5.91 Å². The van der Waals surface area contributed by atoms with Crippen LogP contribution in [0.1, 0.15) is 15.9 Å². The molecule has 0 bridgehead atoms. The van der Waals surface area contributed by atoms with Gasteiger partial charge in [0.05, 0.1) is 31.4 Å². The standard InChI is InChI=1S/C23H27Cl2N3O4/c1-31-20-6-3-16(13-21(20)32-2)7-8-26-22(29)15-27-9-11-28(12-10-27)23(30)18-5-4-17(24)14-19(18)25/h3-6,13-14H,7-12,15H2,1-2H3,(H,26,29). The van der Waals surface area contributed by atoms with Crippen LogP contribution in [-0.2, 0) is 11.2 Å². The largest absolute Gasteiger partial charge is 0.493 e. The molecule has 1 aliphatic heterocycles. The van der Waals surface area contributed by atoms with E-state index in [1.807, 2.05) is 23.1 Å². The van der Waals surface area contributed by atoms with E-state index < -0.39 is 0 Å². The highest BCUT2D eigenvalue weighted by Gasteiger charge is 2.24. The van der Waals surface area contributed by atoms with E-state index in [1.165, 1.54) is 0 Å². The highest BCUT2D eigenvalue weighted by molar-refractivity contribution is 6.36. The summed E-state index contributed by atoms with van der Waals surface area (Å²) in [4.78, 5) is 28.8. The maximum absolute atomic E-state index is 12.7. The first kappa shape index (κ1) is 24.2. The number of amides is 2. The van der Waals surface area contributed by atoms with Crippen LogP contribution in [0.15, 0.2) is 36.4 Å². The SMILES string of the molecule is COc1ccc(CCNC(=O)CN2CCN(C(=O)c3ccc(Cl)cc3Cl)CC2)cc1OC. The Hall–Kier alpha value is -2.48. The molecule has 0 aromatic heterocycles. The lowest BCUT2D eigenvalue weighted by molar-refractivity contribution is -0.122. The Labute approximate surface area is 198 Å². The van der Waals surface area contributed by atoms with Crippen LogP contribution in [-0.4, -0.2) is 75.1 Å². The number of piperazine rings is 1. The third-order valence-electron chi connectivity index (χ3n) is 5.37. The smallest absolute Gasteiger partial charge is 0.255 e. The van der Waals surface area contributed by atoms with E-state index in [1.54, 1.807) is 37.3 Å². The van der Waals surface area contributed by atoms with Gasteiger partial charge in [-0.05, 0) is 42.3 Å². The maximum Gasteiger partial charge on any atom is 0.255 e. The summed E-state index contributed by atoms with van der Waals surface area (Å²) >= 11 is 12.1. The summed E-state index contributed by atoms with van der Waals surface area (Å²) in [6.07, 6.45) is 0.691. The number of carbonyl (C=O) groups is 2. The van der Waals surface area contributed by atoms with Gasteiger partial charge in [0.1, 0.15) is 0 Å². The van der Waals surface area contributed by atoms with Crippen LogP contribution in [0.25, 0.3) is 0 Å². The third kappa shape index (κ3) is 6.28. The van der Waals surface area contributed by atoms with E-state index in [0.717, 1.165) is 5.56 Å². The normalized spacial score (nSPS) is 14.2. The Morgan fingerprint density at radius 2 is 1.69 bits per heavy atom. The molecule has 0 radical (unpaired) electrons. The van der Waals surface area contributed by atoms with E-state index in [4.69, 9.17) is 32.7 Å². The molecular formula is C23H27Cl2N3O4. The Balaban J connectivity index is 1.41. The average Bonchev–Trinajstić information content (AvgIpc) is 2.79. The second-order valence-corrected chi connectivity index (χ2v) is 8.33. The fraction of sp³-hybridized carbons (Fsp3) is 0.391. The van der Waals surface area contributed by atoms with Gasteiger partial charge >= 0.3 is 0 Å². The van der Waals surface area contributed by atoms with Crippen LogP contribution in [0.2, 0.25) is 10.0 Å². The van der Waals surface area contributed by atoms with Crippen molar-refractivity contribution < 1.29 is 19.1 Å². The molecule has 2 aromatic carbocycles. The summed E-state index contributed by atoms with van der Waals surface area (Å²) in [5.74, 6) is 1.19. The van der Waals surface area contributed by atoms with Crippen molar-refractivity contribution in [3.8, 4) is 11.5 Å². The fourth-order valence-corrected chi connectivity index (χ4v) is 4.07. The van der Waals surface area contributed by atoms with Gasteiger partial charge in [-0.1, -0.05) is 29.3 Å². The fourth-order valence-electron chi connectivity index (χ4n) is 3.58. The number of hydrogen-bond donors (Lipinski definition) is 1. The summed E-state index contributed by atoms with van der Waals surface area (Å²) in [5.41, 5.74) is 1.49. The van der Waals surface area contributed by atoms with E-state index in [0.29, 0.717) is 72.8 Å². The number of ether oxygens (including phenoxy) is 2. The Morgan fingerprint density at radius 3 is 2.34 bits per heavy atom. The second kappa shape index (κ2) is 11.4. The number of hydrogen-bond acceptors (Lipinski definition) is 5. The van der Waals surface area contributed by atoms with Crippen LogP contribution < -0.4 is 14.8 Å². The molecule has 2 amide bonds. The minimum atomic E-state index is -0.120. The quantitative estimate of drug-likeness (QED) is 0.629. The molecule has 7 nitrogen and oxygen atoms in total. The van der Waals surface area contributed by atoms with E-state index in [9.17, 15) is 9.59 Å². The van der Waals surface area contributed by atoms with Gasteiger partial charge in [-0.3, -0.25) is 14.5 Å². The molecule has 9 heteroatoms. The molecule has 3 rings (SSSR count).